The molecule has 3 aromatic carbocycles. The number of aromatic nitrogens is 2. The number of aryl methyl sites for hydroxylation is 2. The number of benzene rings is 3. The normalized spacial score (nSPS) is 15.9. The molecule has 3 nitrogen and oxygen atoms in total. The fourth-order valence-corrected chi connectivity index (χ4v) is 5.83. The Morgan fingerprint density at radius 3 is 2.70 bits per heavy atom. The van der Waals surface area contributed by atoms with E-state index < -0.39 is 0 Å². The molecule has 6 rings (SSSR count). The molecule has 0 saturated heterocycles. The number of nitrogens with zero attached hydrogens (tertiary/aromatic N) is 3. The van der Waals surface area contributed by atoms with Gasteiger partial charge in [0.15, 0.2) is 5.52 Å². The van der Waals surface area contributed by atoms with Crippen molar-refractivity contribution >= 4 is 33.1 Å². The van der Waals surface area contributed by atoms with Gasteiger partial charge in [0, 0.05) is 12.6 Å². The smallest absolute Gasteiger partial charge is 0.287 e. The third-order valence-electron chi connectivity index (χ3n) is 7.36. The van der Waals surface area contributed by atoms with Crippen LogP contribution in [-0.2, 0) is 13.5 Å². The maximum atomic E-state index is 4.85. The van der Waals surface area contributed by atoms with E-state index in [0.29, 0.717) is 0 Å². The largest absolute Gasteiger partial charge is 0.343 e. The van der Waals surface area contributed by atoms with Crippen LogP contribution in [0.2, 0.25) is 0 Å². The average Bonchev–Trinajstić information content (AvgIpc) is 3.26. The molecule has 0 spiro atoms. The highest BCUT2D eigenvalue weighted by atomic mass is 15.1. The molecule has 2 aliphatic rings. The Hall–Kier alpha value is -2.94. The monoisotopic (exact) mass is 394 g/mol. The van der Waals surface area contributed by atoms with E-state index >= 15 is 0 Å². The molecule has 30 heavy (non-hydrogen) atoms. The van der Waals surface area contributed by atoms with Gasteiger partial charge < -0.3 is 4.90 Å². The summed E-state index contributed by atoms with van der Waals surface area (Å²) in [5.74, 6) is 0.835. The zero-order chi connectivity index (χ0) is 20.4. The quantitative estimate of drug-likeness (QED) is 0.389. The molecule has 0 amide bonds. The van der Waals surface area contributed by atoms with Gasteiger partial charge in [-0.3, -0.25) is 0 Å². The molecule has 0 radical (unpaired) electrons. The third-order valence-corrected chi connectivity index (χ3v) is 7.36. The number of rotatable bonds is 2. The Kier molecular flexibility index (Phi) is 3.89. The summed E-state index contributed by atoms with van der Waals surface area (Å²) in [4.78, 5) is 7.25. The fraction of sp³-hybridized carbons (Fsp3) is 0.333. The van der Waals surface area contributed by atoms with Gasteiger partial charge in [-0.15, -0.1) is 0 Å². The topological polar surface area (TPSA) is 20.0 Å². The Morgan fingerprint density at radius 2 is 1.87 bits per heavy atom. The maximum Gasteiger partial charge on any atom is 0.287 e. The second kappa shape index (κ2) is 6.53. The Bertz CT molecular complexity index is 1320. The highest BCUT2D eigenvalue weighted by Gasteiger charge is 2.31. The molecule has 0 bridgehead atoms. The molecular formula is C27H28N3+. The molecular weight excluding hydrogens is 366 g/mol. The van der Waals surface area contributed by atoms with E-state index in [1.54, 1.807) is 0 Å². The van der Waals surface area contributed by atoms with E-state index in [9.17, 15) is 0 Å². The van der Waals surface area contributed by atoms with Crippen molar-refractivity contribution in [3.05, 3.63) is 59.9 Å². The zero-order valence-electron chi connectivity index (χ0n) is 18.1. The van der Waals surface area contributed by atoms with Gasteiger partial charge >= 0.3 is 0 Å². The van der Waals surface area contributed by atoms with Crippen molar-refractivity contribution in [3.63, 3.8) is 0 Å². The van der Waals surface area contributed by atoms with Crippen molar-refractivity contribution in [2.45, 2.75) is 39.0 Å². The van der Waals surface area contributed by atoms with Crippen molar-refractivity contribution in [3.8, 4) is 11.3 Å². The van der Waals surface area contributed by atoms with Crippen LogP contribution in [-0.4, -0.2) is 12.0 Å². The van der Waals surface area contributed by atoms with E-state index in [0.717, 1.165) is 11.4 Å². The van der Waals surface area contributed by atoms with E-state index in [1.165, 1.54) is 82.0 Å². The average molecular weight is 395 g/mol. The molecule has 1 aliphatic heterocycles. The lowest BCUT2D eigenvalue weighted by atomic mass is 9.88. The van der Waals surface area contributed by atoms with Crippen molar-refractivity contribution in [1.82, 2.24) is 4.98 Å². The molecule has 2 heterocycles. The molecule has 0 atom stereocenters. The van der Waals surface area contributed by atoms with Gasteiger partial charge in [0.1, 0.15) is 5.69 Å². The van der Waals surface area contributed by atoms with Gasteiger partial charge in [0.05, 0.1) is 23.8 Å². The Morgan fingerprint density at radius 1 is 1.07 bits per heavy atom. The number of fused-ring (bicyclic) bond motifs is 3. The van der Waals surface area contributed by atoms with Crippen LogP contribution in [0.25, 0.3) is 32.9 Å². The lowest BCUT2D eigenvalue weighted by Gasteiger charge is -2.31. The summed E-state index contributed by atoms with van der Waals surface area (Å²) in [6.07, 6.45) is 8.70. The molecule has 1 aliphatic carbocycles. The summed E-state index contributed by atoms with van der Waals surface area (Å²) in [6, 6.07) is 15.9. The van der Waals surface area contributed by atoms with Gasteiger partial charge in [-0.2, -0.15) is 0 Å². The standard InChI is InChI=1S/C27H28N3/c1-17-21-11-7-6-10-20(21)15-24-25(17)27-26-22(28-16-29(27)2)13-19(14-23(26)30(24)3)12-18-8-4-5-9-18/h6-7,10-11,13-16,18H,4-5,8-9,12H2,1-3H3/q+1. The lowest BCUT2D eigenvalue weighted by molar-refractivity contribution is -0.662. The summed E-state index contributed by atoms with van der Waals surface area (Å²) >= 11 is 0. The number of hydrogen-bond donors (Lipinski definition) is 0. The van der Waals surface area contributed by atoms with Crippen LogP contribution in [0.5, 0.6) is 0 Å². The Balaban J connectivity index is 1.65. The van der Waals surface area contributed by atoms with Crippen LogP contribution in [0.3, 0.4) is 0 Å². The summed E-state index contributed by atoms with van der Waals surface area (Å²) in [5, 5.41) is 3.92. The summed E-state index contributed by atoms with van der Waals surface area (Å²) in [7, 11) is 4.35. The van der Waals surface area contributed by atoms with Crippen molar-refractivity contribution in [2.24, 2.45) is 13.0 Å². The van der Waals surface area contributed by atoms with Crippen LogP contribution in [0, 0.1) is 12.8 Å². The zero-order valence-corrected chi connectivity index (χ0v) is 18.1. The van der Waals surface area contributed by atoms with Gasteiger partial charge in [0.25, 0.3) is 6.33 Å². The van der Waals surface area contributed by atoms with Gasteiger partial charge in [-0.05, 0) is 64.3 Å². The Labute approximate surface area is 178 Å². The van der Waals surface area contributed by atoms with Crippen molar-refractivity contribution in [2.75, 3.05) is 11.9 Å². The second-order valence-electron chi connectivity index (χ2n) is 9.24. The first kappa shape index (κ1) is 17.9. The van der Waals surface area contributed by atoms with E-state index in [2.05, 4.69) is 73.0 Å². The van der Waals surface area contributed by atoms with Gasteiger partial charge in [-0.1, -0.05) is 49.9 Å². The van der Waals surface area contributed by atoms with E-state index in [-0.39, 0.29) is 0 Å². The van der Waals surface area contributed by atoms with Crippen molar-refractivity contribution in [1.29, 1.82) is 0 Å². The first-order valence-electron chi connectivity index (χ1n) is 11.2. The molecule has 0 unspecified atom stereocenters. The minimum atomic E-state index is 0.835. The molecule has 1 aromatic heterocycles. The first-order valence-corrected chi connectivity index (χ1v) is 11.2. The fourth-order valence-electron chi connectivity index (χ4n) is 5.83. The van der Waals surface area contributed by atoms with E-state index in [1.807, 2.05) is 6.33 Å². The van der Waals surface area contributed by atoms with E-state index in [4.69, 9.17) is 4.98 Å². The predicted octanol–water partition coefficient (Wildman–Crippen LogP) is 6.00. The summed E-state index contributed by atoms with van der Waals surface area (Å²) in [6.45, 7) is 2.26. The maximum absolute atomic E-state index is 4.85. The molecule has 150 valence electrons. The van der Waals surface area contributed by atoms with Crippen LogP contribution < -0.4 is 9.47 Å². The van der Waals surface area contributed by atoms with Crippen molar-refractivity contribution < 1.29 is 4.57 Å². The molecule has 3 heteroatoms. The van der Waals surface area contributed by atoms with Gasteiger partial charge in [0.2, 0.25) is 0 Å². The molecule has 1 fully saturated rings. The van der Waals surface area contributed by atoms with Crippen LogP contribution in [0.1, 0.15) is 36.8 Å². The predicted molar refractivity (Wildman–Crippen MR) is 124 cm³/mol. The molecule has 4 aromatic rings. The SMILES string of the molecule is Cc1c2c(cc3ccccc13)N(C)c1cc(CC3CCCC3)cc3nc[n+](C)c-2c13. The molecule has 0 N–H and O–H groups in total. The molecule has 1 saturated carbocycles. The second-order valence-corrected chi connectivity index (χ2v) is 9.24. The lowest BCUT2D eigenvalue weighted by Crippen LogP contribution is -2.34. The summed E-state index contributed by atoms with van der Waals surface area (Å²) < 4.78 is 2.20. The van der Waals surface area contributed by atoms with Crippen LogP contribution >= 0.6 is 0 Å². The van der Waals surface area contributed by atoms with Gasteiger partial charge in [-0.25, -0.2) is 4.57 Å². The summed E-state index contributed by atoms with van der Waals surface area (Å²) in [5.41, 5.74) is 9.11. The number of anilines is 2. The highest BCUT2D eigenvalue weighted by molar-refractivity contribution is 6.12. The minimum absolute atomic E-state index is 0.835. The highest BCUT2D eigenvalue weighted by Crippen LogP contribution is 2.48. The third kappa shape index (κ3) is 2.51. The number of hydrogen-bond acceptors (Lipinski definition) is 2. The first-order chi connectivity index (χ1) is 14.6. The van der Waals surface area contributed by atoms with Crippen LogP contribution in [0.4, 0.5) is 11.4 Å². The van der Waals surface area contributed by atoms with Crippen LogP contribution in [0.15, 0.2) is 48.8 Å². The minimum Gasteiger partial charge on any atom is -0.343 e.